The number of aryl methyl sites for hydroxylation is 1. The molecule has 4 nitrogen and oxygen atoms in total. The van der Waals surface area contributed by atoms with E-state index in [0.717, 1.165) is 30.7 Å². The maximum Gasteiger partial charge on any atom is 0.150 e. The summed E-state index contributed by atoms with van der Waals surface area (Å²) in [6.45, 7) is 9.89. The fraction of sp³-hybridized carbons (Fsp3) is 0.625. The summed E-state index contributed by atoms with van der Waals surface area (Å²) in [5.74, 6) is 6.57. The molecule has 1 aliphatic heterocycles. The van der Waals surface area contributed by atoms with E-state index in [1.807, 2.05) is 6.92 Å². The Hall–Kier alpha value is -1.26. The number of hydrogen-bond acceptors (Lipinski definition) is 4. The van der Waals surface area contributed by atoms with Crippen molar-refractivity contribution < 1.29 is 9.94 Å². The van der Waals surface area contributed by atoms with Crippen molar-refractivity contribution in [3.8, 4) is 5.75 Å². The van der Waals surface area contributed by atoms with E-state index >= 15 is 0 Å². The Morgan fingerprint density at radius 2 is 2.15 bits per heavy atom. The summed E-state index contributed by atoms with van der Waals surface area (Å²) < 4.78 is 0. The van der Waals surface area contributed by atoms with Gasteiger partial charge in [0, 0.05) is 24.4 Å². The highest BCUT2D eigenvalue weighted by Crippen LogP contribution is 2.45. The summed E-state index contributed by atoms with van der Waals surface area (Å²) in [7, 11) is 0. The molecule has 1 heterocycles. The fourth-order valence-corrected chi connectivity index (χ4v) is 3.39. The van der Waals surface area contributed by atoms with Crippen molar-refractivity contribution in [3.05, 3.63) is 23.3 Å². The van der Waals surface area contributed by atoms with Crippen molar-refractivity contribution >= 4 is 5.69 Å². The second kappa shape index (κ2) is 5.62. The van der Waals surface area contributed by atoms with Gasteiger partial charge in [-0.15, -0.1) is 0 Å². The van der Waals surface area contributed by atoms with Crippen LogP contribution in [0, 0.1) is 6.92 Å². The van der Waals surface area contributed by atoms with Crippen molar-refractivity contribution in [3.63, 3.8) is 0 Å². The van der Waals surface area contributed by atoms with Gasteiger partial charge in [-0.3, -0.25) is 0 Å². The number of hydrogen-bond donors (Lipinski definition) is 2. The molecule has 0 saturated carbocycles. The van der Waals surface area contributed by atoms with Gasteiger partial charge in [0.05, 0.1) is 0 Å². The molecule has 1 aromatic rings. The van der Waals surface area contributed by atoms with Gasteiger partial charge >= 0.3 is 0 Å². The molecule has 0 aliphatic carbocycles. The molecule has 1 atom stereocenters. The Morgan fingerprint density at radius 1 is 1.45 bits per heavy atom. The minimum absolute atomic E-state index is 0.0963. The van der Waals surface area contributed by atoms with Gasteiger partial charge in [-0.05, 0) is 62.8 Å². The second-order valence-corrected chi connectivity index (χ2v) is 6.44. The summed E-state index contributed by atoms with van der Waals surface area (Å²) in [4.78, 5) is 7.38. The smallest absolute Gasteiger partial charge is 0.150 e. The van der Waals surface area contributed by atoms with Crippen LogP contribution in [-0.2, 0) is 0 Å². The van der Waals surface area contributed by atoms with Crippen LogP contribution in [0.2, 0.25) is 0 Å². The summed E-state index contributed by atoms with van der Waals surface area (Å²) in [6.07, 6.45) is 1.87. The first-order valence-electron chi connectivity index (χ1n) is 7.30. The van der Waals surface area contributed by atoms with Crippen LogP contribution >= 0.6 is 0 Å². The molecule has 0 spiro atoms. The van der Waals surface area contributed by atoms with Gasteiger partial charge in [0.25, 0.3) is 0 Å². The van der Waals surface area contributed by atoms with E-state index in [4.69, 9.17) is 15.8 Å². The predicted octanol–water partition coefficient (Wildman–Crippen LogP) is 2.72. The average Bonchev–Trinajstić information content (AvgIpc) is 2.37. The van der Waals surface area contributed by atoms with E-state index in [2.05, 4.69) is 37.8 Å². The second-order valence-electron chi connectivity index (χ2n) is 6.44. The molecule has 1 aliphatic rings. The Bertz CT molecular complexity index is 486. The molecule has 2 rings (SSSR count). The molecule has 0 amide bonds. The number of fused-ring (bicyclic) bond motifs is 1. The number of anilines is 1. The van der Waals surface area contributed by atoms with Crippen molar-refractivity contribution in [1.29, 1.82) is 0 Å². The zero-order valence-corrected chi connectivity index (χ0v) is 12.9. The zero-order chi connectivity index (χ0) is 14.9. The maximum absolute atomic E-state index is 9.14. The van der Waals surface area contributed by atoms with E-state index in [1.165, 1.54) is 11.3 Å². The van der Waals surface area contributed by atoms with E-state index < -0.39 is 0 Å². The fourth-order valence-electron chi connectivity index (χ4n) is 3.39. The van der Waals surface area contributed by atoms with Gasteiger partial charge in [0.2, 0.25) is 0 Å². The van der Waals surface area contributed by atoms with Crippen LogP contribution in [0.4, 0.5) is 5.69 Å². The molecule has 0 radical (unpaired) electrons. The number of benzene rings is 1. The standard InChI is InChI=1S/C16H26N2O2/c1-11-8-14-13(9-15(11)20-17)12(2)10-16(3,4)18(14)6-5-7-19/h8-9,12,19H,5-7,10,17H2,1-4H3. The third-order valence-electron chi connectivity index (χ3n) is 4.35. The lowest BCUT2D eigenvalue weighted by Gasteiger charge is -2.48. The molecule has 0 fully saturated rings. The van der Waals surface area contributed by atoms with Gasteiger partial charge in [0.1, 0.15) is 5.75 Å². The highest BCUT2D eigenvalue weighted by atomic mass is 16.6. The Balaban J connectivity index is 2.49. The summed E-state index contributed by atoms with van der Waals surface area (Å²) >= 11 is 0. The normalized spacial score (nSPS) is 20.7. The molecule has 0 bridgehead atoms. The van der Waals surface area contributed by atoms with Crippen molar-refractivity contribution in [2.45, 2.75) is 52.0 Å². The lowest BCUT2D eigenvalue weighted by Crippen LogP contribution is -2.49. The van der Waals surface area contributed by atoms with E-state index in [9.17, 15) is 0 Å². The Morgan fingerprint density at radius 3 is 2.75 bits per heavy atom. The van der Waals surface area contributed by atoms with E-state index in [1.54, 1.807) is 0 Å². The van der Waals surface area contributed by atoms with Crippen LogP contribution < -0.4 is 15.6 Å². The summed E-state index contributed by atoms with van der Waals surface area (Å²) in [6, 6.07) is 4.23. The Kier molecular flexibility index (Phi) is 4.25. The first kappa shape index (κ1) is 15.1. The zero-order valence-electron chi connectivity index (χ0n) is 12.9. The van der Waals surface area contributed by atoms with Crippen molar-refractivity contribution in [2.75, 3.05) is 18.1 Å². The molecular formula is C16H26N2O2. The highest BCUT2D eigenvalue weighted by molar-refractivity contribution is 5.63. The monoisotopic (exact) mass is 278 g/mol. The van der Waals surface area contributed by atoms with Gasteiger partial charge in [0.15, 0.2) is 0 Å². The molecular weight excluding hydrogens is 252 g/mol. The first-order valence-corrected chi connectivity index (χ1v) is 7.30. The van der Waals surface area contributed by atoms with Crippen LogP contribution in [0.25, 0.3) is 0 Å². The van der Waals surface area contributed by atoms with Crippen molar-refractivity contribution in [1.82, 2.24) is 0 Å². The van der Waals surface area contributed by atoms with Gasteiger partial charge in [-0.2, -0.15) is 5.90 Å². The van der Waals surface area contributed by atoms with E-state index in [0.29, 0.717) is 5.92 Å². The number of rotatable bonds is 4. The number of nitrogens with zero attached hydrogens (tertiary/aromatic N) is 1. The molecule has 0 aromatic heterocycles. The minimum Gasteiger partial charge on any atom is -0.411 e. The quantitative estimate of drug-likeness (QED) is 0.831. The molecule has 1 unspecified atom stereocenters. The minimum atomic E-state index is 0.0963. The third-order valence-corrected chi connectivity index (χ3v) is 4.35. The van der Waals surface area contributed by atoms with Crippen LogP contribution in [-0.4, -0.2) is 23.8 Å². The average molecular weight is 278 g/mol. The molecule has 3 N–H and O–H groups in total. The highest BCUT2D eigenvalue weighted by Gasteiger charge is 2.36. The largest absolute Gasteiger partial charge is 0.411 e. The van der Waals surface area contributed by atoms with Gasteiger partial charge < -0.3 is 14.8 Å². The van der Waals surface area contributed by atoms with Gasteiger partial charge in [-0.25, -0.2) is 0 Å². The lowest BCUT2D eigenvalue weighted by molar-refractivity contribution is 0.280. The summed E-state index contributed by atoms with van der Waals surface area (Å²) in [5.41, 5.74) is 3.68. The van der Waals surface area contributed by atoms with Crippen LogP contribution in [0.15, 0.2) is 12.1 Å². The molecule has 0 saturated heterocycles. The summed E-state index contributed by atoms with van der Waals surface area (Å²) in [5, 5.41) is 9.14. The lowest BCUT2D eigenvalue weighted by atomic mass is 9.79. The number of nitrogens with two attached hydrogens (primary N) is 1. The molecule has 4 heteroatoms. The molecule has 1 aromatic carbocycles. The Labute approximate surface area is 121 Å². The predicted molar refractivity (Wildman–Crippen MR) is 82.2 cm³/mol. The van der Waals surface area contributed by atoms with Crippen LogP contribution in [0.3, 0.4) is 0 Å². The van der Waals surface area contributed by atoms with Crippen LogP contribution in [0.1, 0.15) is 50.7 Å². The molecule has 20 heavy (non-hydrogen) atoms. The molecule has 112 valence electrons. The van der Waals surface area contributed by atoms with Gasteiger partial charge in [-0.1, -0.05) is 6.92 Å². The maximum atomic E-state index is 9.14. The first-order chi connectivity index (χ1) is 9.40. The SMILES string of the molecule is Cc1cc2c(cc1ON)C(C)CC(C)(C)N2CCCO. The number of aliphatic hydroxyl groups excluding tert-OH is 1. The van der Waals surface area contributed by atoms with Crippen LogP contribution in [0.5, 0.6) is 5.75 Å². The number of aliphatic hydroxyl groups is 1. The van der Waals surface area contributed by atoms with Crippen molar-refractivity contribution in [2.24, 2.45) is 5.90 Å². The van der Waals surface area contributed by atoms with E-state index in [-0.39, 0.29) is 12.1 Å². The topological polar surface area (TPSA) is 58.7 Å². The third kappa shape index (κ3) is 2.63.